The van der Waals surface area contributed by atoms with Gasteiger partial charge in [-0.25, -0.2) is 0 Å². The predicted octanol–water partition coefficient (Wildman–Crippen LogP) is 2.52. The van der Waals surface area contributed by atoms with Gasteiger partial charge in [-0.15, -0.1) is 0 Å². The Labute approximate surface area is 83.9 Å². The highest BCUT2D eigenvalue weighted by molar-refractivity contribution is 4.56. The molecule has 0 fully saturated rings. The van der Waals surface area contributed by atoms with E-state index in [9.17, 15) is 0 Å². The zero-order chi connectivity index (χ0) is 10.7. The van der Waals surface area contributed by atoms with Crippen molar-refractivity contribution in [2.45, 2.75) is 53.0 Å². The Kier molecular flexibility index (Phi) is 14.1. The molecule has 0 aliphatic rings. The lowest BCUT2D eigenvalue weighted by molar-refractivity contribution is 0.252. The van der Waals surface area contributed by atoms with Gasteiger partial charge in [-0.3, -0.25) is 0 Å². The van der Waals surface area contributed by atoms with E-state index in [0.29, 0.717) is 12.6 Å². The van der Waals surface area contributed by atoms with Crippen molar-refractivity contribution < 1.29 is 5.11 Å². The van der Waals surface area contributed by atoms with Crippen molar-refractivity contribution in [3.05, 3.63) is 0 Å². The first-order valence-electron chi connectivity index (χ1n) is 5.49. The van der Waals surface area contributed by atoms with Crippen LogP contribution >= 0.6 is 0 Å². The molecule has 13 heavy (non-hydrogen) atoms. The number of unbranched alkanes of at least 4 members (excludes halogenated alkanes) is 2. The summed E-state index contributed by atoms with van der Waals surface area (Å²) in [6.07, 6.45) is 3.30. The fourth-order valence-electron chi connectivity index (χ4n) is 0.908. The maximum atomic E-state index is 8.53. The van der Waals surface area contributed by atoms with Crippen LogP contribution in [0.3, 0.4) is 0 Å². The molecule has 0 saturated heterocycles. The van der Waals surface area contributed by atoms with E-state index in [1.807, 2.05) is 13.8 Å². The largest absolute Gasteiger partial charge is 0.396 e. The van der Waals surface area contributed by atoms with Crippen molar-refractivity contribution in [2.75, 3.05) is 20.2 Å². The third-order valence-corrected chi connectivity index (χ3v) is 2.05. The second-order valence-electron chi connectivity index (χ2n) is 3.36. The van der Waals surface area contributed by atoms with Crippen LogP contribution in [0.1, 0.15) is 47.0 Å². The van der Waals surface area contributed by atoms with Gasteiger partial charge in [0.25, 0.3) is 0 Å². The molecule has 0 unspecified atom stereocenters. The minimum atomic E-state index is 0.339. The van der Waals surface area contributed by atoms with Gasteiger partial charge in [0.2, 0.25) is 0 Å². The van der Waals surface area contributed by atoms with E-state index in [1.165, 1.54) is 6.42 Å². The SMILES string of the molecule is CC.CC(C)N(C)CCCCCO. The van der Waals surface area contributed by atoms with E-state index in [1.54, 1.807) is 0 Å². The molecule has 0 aromatic carbocycles. The smallest absolute Gasteiger partial charge is 0.0431 e. The molecule has 0 atom stereocenters. The summed E-state index contributed by atoms with van der Waals surface area (Å²) < 4.78 is 0. The maximum absolute atomic E-state index is 8.53. The van der Waals surface area contributed by atoms with Crippen LogP contribution in [-0.2, 0) is 0 Å². The molecule has 0 saturated carbocycles. The van der Waals surface area contributed by atoms with Gasteiger partial charge in [-0.2, -0.15) is 0 Å². The minimum Gasteiger partial charge on any atom is -0.396 e. The van der Waals surface area contributed by atoms with Crippen molar-refractivity contribution in [1.82, 2.24) is 4.90 Å². The molecule has 82 valence electrons. The van der Waals surface area contributed by atoms with Crippen molar-refractivity contribution in [3.8, 4) is 0 Å². The van der Waals surface area contributed by atoms with E-state index in [0.717, 1.165) is 19.4 Å². The molecule has 0 aliphatic heterocycles. The van der Waals surface area contributed by atoms with Gasteiger partial charge in [0.15, 0.2) is 0 Å². The number of hydrogen-bond donors (Lipinski definition) is 1. The van der Waals surface area contributed by atoms with Crippen LogP contribution in [0.15, 0.2) is 0 Å². The zero-order valence-electron chi connectivity index (χ0n) is 10.0. The summed E-state index contributed by atoms with van der Waals surface area (Å²) in [4.78, 5) is 2.33. The summed E-state index contributed by atoms with van der Waals surface area (Å²) in [7, 11) is 2.14. The molecular formula is C11H27NO. The molecule has 0 spiro atoms. The van der Waals surface area contributed by atoms with Crippen LogP contribution in [0, 0.1) is 0 Å². The lowest BCUT2D eigenvalue weighted by Gasteiger charge is -2.20. The highest BCUT2D eigenvalue weighted by Crippen LogP contribution is 1.99. The second-order valence-corrected chi connectivity index (χ2v) is 3.36. The standard InChI is InChI=1S/C9H21NO.C2H6/c1-9(2)10(3)7-5-4-6-8-11;1-2/h9,11H,4-8H2,1-3H3;1-2H3. The van der Waals surface area contributed by atoms with Crippen LogP contribution in [0.4, 0.5) is 0 Å². The Balaban J connectivity index is 0. The summed E-state index contributed by atoms with van der Waals surface area (Å²) in [6.45, 7) is 9.89. The first-order valence-corrected chi connectivity index (χ1v) is 5.49. The van der Waals surface area contributed by atoms with Gasteiger partial charge in [0.1, 0.15) is 0 Å². The van der Waals surface area contributed by atoms with Crippen molar-refractivity contribution in [2.24, 2.45) is 0 Å². The topological polar surface area (TPSA) is 23.5 Å². The van der Waals surface area contributed by atoms with E-state index >= 15 is 0 Å². The molecule has 0 aromatic heterocycles. The number of aliphatic hydroxyl groups is 1. The number of hydrogen-bond acceptors (Lipinski definition) is 2. The van der Waals surface area contributed by atoms with Gasteiger partial charge in [0.05, 0.1) is 0 Å². The summed E-state index contributed by atoms with van der Waals surface area (Å²) >= 11 is 0. The van der Waals surface area contributed by atoms with Gasteiger partial charge >= 0.3 is 0 Å². The molecular weight excluding hydrogens is 162 g/mol. The first-order chi connectivity index (χ1) is 6.18. The van der Waals surface area contributed by atoms with Gasteiger partial charge in [0, 0.05) is 12.6 Å². The molecule has 1 N–H and O–H groups in total. The summed E-state index contributed by atoms with van der Waals surface area (Å²) in [5.74, 6) is 0. The van der Waals surface area contributed by atoms with Crippen molar-refractivity contribution in [1.29, 1.82) is 0 Å². The van der Waals surface area contributed by atoms with Crippen LogP contribution in [0.25, 0.3) is 0 Å². The Hall–Kier alpha value is -0.0800. The molecule has 0 heterocycles. The van der Waals surface area contributed by atoms with Crippen LogP contribution in [0.5, 0.6) is 0 Å². The van der Waals surface area contributed by atoms with Gasteiger partial charge in [-0.05, 0) is 46.7 Å². The number of nitrogens with zero attached hydrogens (tertiary/aromatic N) is 1. The van der Waals surface area contributed by atoms with Crippen LogP contribution in [-0.4, -0.2) is 36.2 Å². The monoisotopic (exact) mass is 189 g/mol. The molecule has 0 aromatic rings. The lowest BCUT2D eigenvalue weighted by Crippen LogP contribution is -2.27. The molecule has 0 aliphatic carbocycles. The van der Waals surface area contributed by atoms with Crippen LogP contribution < -0.4 is 0 Å². The second kappa shape index (κ2) is 11.9. The molecule has 0 rings (SSSR count). The highest BCUT2D eigenvalue weighted by Gasteiger charge is 2.00. The Morgan fingerprint density at radius 3 is 2.00 bits per heavy atom. The van der Waals surface area contributed by atoms with E-state index in [4.69, 9.17) is 5.11 Å². The minimum absolute atomic E-state index is 0.339. The van der Waals surface area contributed by atoms with E-state index in [2.05, 4.69) is 25.8 Å². The maximum Gasteiger partial charge on any atom is 0.0431 e. The van der Waals surface area contributed by atoms with Crippen molar-refractivity contribution >= 4 is 0 Å². The summed E-state index contributed by atoms with van der Waals surface area (Å²) in [5, 5.41) is 8.53. The average Bonchev–Trinajstić information content (AvgIpc) is 2.15. The molecule has 0 bridgehead atoms. The Morgan fingerprint density at radius 1 is 1.08 bits per heavy atom. The number of rotatable bonds is 6. The lowest BCUT2D eigenvalue weighted by atomic mass is 10.2. The third-order valence-electron chi connectivity index (χ3n) is 2.05. The van der Waals surface area contributed by atoms with Gasteiger partial charge < -0.3 is 10.0 Å². The molecule has 0 amide bonds. The summed E-state index contributed by atoms with van der Waals surface area (Å²) in [6, 6.07) is 0.643. The molecule has 2 nitrogen and oxygen atoms in total. The molecule has 0 radical (unpaired) electrons. The van der Waals surface area contributed by atoms with Gasteiger partial charge in [-0.1, -0.05) is 13.8 Å². The average molecular weight is 189 g/mol. The van der Waals surface area contributed by atoms with Crippen LogP contribution in [0.2, 0.25) is 0 Å². The summed E-state index contributed by atoms with van der Waals surface area (Å²) in [5.41, 5.74) is 0. The quantitative estimate of drug-likeness (QED) is 0.649. The third kappa shape index (κ3) is 11.9. The molecule has 2 heteroatoms. The fraction of sp³-hybridized carbons (Fsp3) is 1.00. The Bertz CT molecular complexity index is 84.2. The van der Waals surface area contributed by atoms with E-state index in [-0.39, 0.29) is 0 Å². The Morgan fingerprint density at radius 2 is 1.62 bits per heavy atom. The van der Waals surface area contributed by atoms with Crippen molar-refractivity contribution in [3.63, 3.8) is 0 Å². The predicted molar refractivity (Wildman–Crippen MR) is 60.1 cm³/mol. The zero-order valence-corrected chi connectivity index (χ0v) is 10.0. The fourth-order valence-corrected chi connectivity index (χ4v) is 0.908. The number of aliphatic hydroxyl groups excluding tert-OH is 1. The normalized spacial score (nSPS) is 10.2. The first kappa shape index (κ1) is 15.4. The van der Waals surface area contributed by atoms with E-state index < -0.39 is 0 Å². The highest BCUT2D eigenvalue weighted by atomic mass is 16.2.